The minimum absolute atomic E-state index is 0. The van der Waals surface area contributed by atoms with Crippen LogP contribution in [0.25, 0.3) is 0 Å². The fraction of sp³-hybridized carbons (Fsp3) is 0. The van der Waals surface area contributed by atoms with Gasteiger partial charge in [0.05, 0.1) is 0 Å². The molecule has 0 bridgehead atoms. The molecule has 1 heterocycles. The molecule has 0 spiro atoms. The van der Waals surface area contributed by atoms with Crippen LogP contribution >= 0.6 is 11.3 Å². The molecule has 0 fully saturated rings. The molecule has 0 amide bonds. The first-order chi connectivity index (χ1) is 2.50. The number of hydrogen-bond acceptors (Lipinski definition) is 1. The maximum absolute atomic E-state index is 2.90. The van der Waals surface area contributed by atoms with Gasteiger partial charge in [0.1, 0.15) is 0 Å². The van der Waals surface area contributed by atoms with Gasteiger partial charge in [-0.05, 0) is 11.4 Å². The van der Waals surface area contributed by atoms with Crippen molar-refractivity contribution in [2.45, 2.75) is 0 Å². The second kappa shape index (κ2) is 3.51. The van der Waals surface area contributed by atoms with E-state index in [1.54, 1.807) is 11.3 Å². The molecule has 0 unspecified atom stereocenters. The van der Waals surface area contributed by atoms with Crippen LogP contribution in [0.4, 0.5) is 0 Å². The first-order valence-corrected chi connectivity index (χ1v) is 2.27. The molecule has 0 aliphatic heterocycles. The van der Waals surface area contributed by atoms with Gasteiger partial charge in [0.25, 0.3) is 0 Å². The molecule has 1 aromatic rings. The van der Waals surface area contributed by atoms with Gasteiger partial charge in [0, 0.05) is 24.9 Å². The molecule has 27 valence electrons. The van der Waals surface area contributed by atoms with Crippen molar-refractivity contribution in [3.63, 3.8) is 0 Å². The third kappa shape index (κ3) is 1.69. The van der Waals surface area contributed by atoms with E-state index in [9.17, 15) is 0 Å². The van der Waals surface area contributed by atoms with Gasteiger partial charge in [-0.3, -0.25) is 0 Å². The largest absolute Gasteiger partial charge is 0.143 e. The molecule has 1 rings (SSSR count). The summed E-state index contributed by atoms with van der Waals surface area (Å²) in [6.07, 6.45) is 0. The van der Waals surface area contributed by atoms with Crippen molar-refractivity contribution in [3.8, 4) is 0 Å². The van der Waals surface area contributed by atoms with Gasteiger partial charge in [0.15, 0.2) is 0 Å². The van der Waals surface area contributed by atoms with Crippen LogP contribution < -0.4 is 0 Å². The van der Waals surface area contributed by atoms with Crippen LogP contribution in [0.1, 0.15) is 0 Å². The van der Waals surface area contributed by atoms with Crippen LogP contribution in [0.3, 0.4) is 0 Å². The quantitative estimate of drug-likeness (QED) is 0.490. The van der Waals surface area contributed by atoms with Crippen LogP contribution in [-0.4, -0.2) is 0 Å². The fourth-order valence-electron chi connectivity index (χ4n) is 0.196. The molecule has 0 nitrogen and oxygen atoms in total. The van der Waals surface area contributed by atoms with Crippen LogP contribution in [0.15, 0.2) is 17.5 Å². The average Bonchev–Trinajstić information content (AvgIpc) is 1.76. The van der Waals surface area contributed by atoms with Gasteiger partial charge in [-0.1, -0.05) is 6.07 Å². The third-order valence-corrected chi connectivity index (χ3v) is 0.944. The van der Waals surface area contributed by atoms with Gasteiger partial charge >= 0.3 is 0 Å². The van der Waals surface area contributed by atoms with E-state index < -0.39 is 0 Å². The summed E-state index contributed by atoms with van der Waals surface area (Å²) in [6.45, 7) is 0. The summed E-state index contributed by atoms with van der Waals surface area (Å²) in [5.74, 6) is 0. The zero-order chi connectivity index (χ0) is 3.54. The van der Waals surface area contributed by atoms with Crippen molar-refractivity contribution in [2.24, 2.45) is 0 Å². The Morgan fingerprint density at radius 1 is 1.50 bits per heavy atom. The molecule has 0 saturated heterocycles. The topological polar surface area (TPSA) is 0 Å². The van der Waals surface area contributed by atoms with Crippen molar-refractivity contribution in [1.82, 2.24) is 0 Å². The molecule has 0 N–H and O–H groups in total. The van der Waals surface area contributed by atoms with Crippen molar-refractivity contribution in [3.05, 3.63) is 22.9 Å². The van der Waals surface area contributed by atoms with Gasteiger partial charge in [-0.2, -0.15) is 0 Å². The Morgan fingerprint density at radius 3 is 2.50 bits per heavy atom. The molecule has 0 atom stereocenters. The number of hydrogen-bond donors (Lipinski definition) is 0. The first kappa shape index (κ1) is 6.32. The summed E-state index contributed by atoms with van der Waals surface area (Å²) in [4.78, 5) is 0. The van der Waals surface area contributed by atoms with Crippen molar-refractivity contribution in [2.75, 3.05) is 0 Å². The van der Waals surface area contributed by atoms with E-state index in [2.05, 4.69) is 5.38 Å². The van der Waals surface area contributed by atoms with E-state index >= 15 is 0 Å². The fourth-order valence-corrected chi connectivity index (χ4v) is 0.589. The van der Waals surface area contributed by atoms with E-state index in [1.165, 1.54) is 0 Å². The monoisotopic (exact) mass is 147 g/mol. The summed E-state index contributed by atoms with van der Waals surface area (Å²) in [7, 11) is 0. The Kier molecular flexibility index (Phi) is 3.70. The normalized spacial score (nSPS) is 6.67. The first-order valence-electron chi connectivity index (χ1n) is 1.40. The van der Waals surface area contributed by atoms with Crippen molar-refractivity contribution in [1.29, 1.82) is 0 Å². The van der Waals surface area contributed by atoms with Crippen LogP contribution in [-0.2, 0) is 19.5 Å². The summed E-state index contributed by atoms with van der Waals surface area (Å²) < 4.78 is 0. The van der Waals surface area contributed by atoms with Crippen molar-refractivity contribution < 1.29 is 19.5 Å². The van der Waals surface area contributed by atoms with Gasteiger partial charge in [-0.25, -0.2) is 0 Å². The standard InChI is InChI=1S/C4H3S.Zn/c1-2-4-5-3-1;/h1-3H;. The molecular formula is C4H3SZn. The molecule has 0 aliphatic rings. The van der Waals surface area contributed by atoms with Crippen LogP contribution in [0.2, 0.25) is 0 Å². The maximum Gasteiger partial charge on any atom is 0.0442 e. The SMILES string of the molecule is [Zn].[c]1cccs1. The van der Waals surface area contributed by atoms with E-state index in [4.69, 9.17) is 0 Å². The summed E-state index contributed by atoms with van der Waals surface area (Å²) in [5, 5.41) is 4.89. The smallest absolute Gasteiger partial charge is 0.0442 e. The molecule has 0 aromatic carbocycles. The van der Waals surface area contributed by atoms with E-state index in [0.29, 0.717) is 0 Å². The van der Waals surface area contributed by atoms with Crippen LogP contribution in [0, 0.1) is 5.38 Å². The Labute approximate surface area is 54.0 Å². The molecular weight excluding hydrogens is 146 g/mol. The average molecular weight is 149 g/mol. The molecule has 1 aromatic heterocycles. The van der Waals surface area contributed by atoms with E-state index in [-0.39, 0.29) is 19.5 Å². The van der Waals surface area contributed by atoms with Gasteiger partial charge < -0.3 is 0 Å². The molecule has 1 radical (unpaired) electrons. The Bertz CT molecular complexity index is 64.0. The minimum atomic E-state index is 0. The predicted molar refractivity (Wildman–Crippen MR) is 23.2 cm³/mol. The van der Waals surface area contributed by atoms with E-state index in [1.807, 2.05) is 17.5 Å². The predicted octanol–water partition coefficient (Wildman–Crippen LogP) is 1.55. The molecule has 2 heteroatoms. The Hall–Kier alpha value is 0.323. The Balaban J connectivity index is 0.000000250. The molecule has 6 heavy (non-hydrogen) atoms. The second-order valence-corrected chi connectivity index (χ2v) is 1.47. The zero-order valence-electron chi connectivity index (χ0n) is 3.35. The summed E-state index contributed by atoms with van der Waals surface area (Å²) >= 11 is 1.59. The third-order valence-electron chi connectivity index (χ3n) is 0.379. The van der Waals surface area contributed by atoms with Crippen LogP contribution in [0.5, 0.6) is 0 Å². The minimum Gasteiger partial charge on any atom is -0.143 e. The van der Waals surface area contributed by atoms with E-state index in [0.717, 1.165) is 0 Å². The van der Waals surface area contributed by atoms with Gasteiger partial charge in [-0.15, -0.1) is 11.3 Å². The number of thiophene rings is 1. The Morgan fingerprint density at radius 2 is 2.33 bits per heavy atom. The number of rotatable bonds is 0. The second-order valence-electron chi connectivity index (χ2n) is 0.731. The molecule has 0 aliphatic carbocycles. The summed E-state index contributed by atoms with van der Waals surface area (Å²) in [5.41, 5.74) is 0. The molecule has 0 saturated carbocycles. The zero-order valence-corrected chi connectivity index (χ0v) is 7.13. The maximum atomic E-state index is 2.90. The van der Waals surface area contributed by atoms with Gasteiger partial charge in [0.2, 0.25) is 0 Å². The summed E-state index contributed by atoms with van der Waals surface area (Å²) in [6, 6.07) is 3.86. The van der Waals surface area contributed by atoms with Crippen molar-refractivity contribution >= 4 is 11.3 Å².